The van der Waals surface area contributed by atoms with Crippen molar-refractivity contribution in [3.05, 3.63) is 47.4 Å². The Morgan fingerprint density at radius 2 is 2.16 bits per heavy atom. The highest BCUT2D eigenvalue weighted by molar-refractivity contribution is 6.15. The van der Waals surface area contributed by atoms with Crippen molar-refractivity contribution >= 4 is 17.5 Å². The van der Waals surface area contributed by atoms with Gasteiger partial charge in [-0.1, -0.05) is 26.8 Å². The van der Waals surface area contributed by atoms with E-state index in [1.54, 1.807) is 18.3 Å². The molecule has 0 spiro atoms. The number of fused-ring (bicyclic) bond motifs is 4. The van der Waals surface area contributed by atoms with Crippen LogP contribution in [-0.2, 0) is 0 Å². The van der Waals surface area contributed by atoms with Crippen molar-refractivity contribution in [1.29, 1.82) is 0 Å². The van der Waals surface area contributed by atoms with Crippen molar-refractivity contribution in [3.8, 4) is 5.75 Å². The van der Waals surface area contributed by atoms with Crippen molar-refractivity contribution in [1.82, 2.24) is 10.2 Å². The molecule has 0 amide bonds. The van der Waals surface area contributed by atoms with Crippen LogP contribution in [0.1, 0.15) is 32.8 Å². The Kier molecular flexibility index (Phi) is 5.52. The molecule has 5 rings (SSSR count). The van der Waals surface area contributed by atoms with Gasteiger partial charge in [-0.05, 0) is 49.1 Å². The monoisotopic (exact) mass is 422 g/mol. The average molecular weight is 423 g/mol. The lowest BCUT2D eigenvalue weighted by Gasteiger charge is -2.42. The van der Waals surface area contributed by atoms with Gasteiger partial charge >= 0.3 is 0 Å². The first kappa shape index (κ1) is 20.6. The number of ether oxygens (including phenoxy) is 1. The average Bonchev–Trinajstić information content (AvgIpc) is 3.19. The molecule has 0 aliphatic carbocycles. The molecule has 4 bridgehead atoms. The second-order valence-electron chi connectivity index (χ2n) is 9.47. The van der Waals surface area contributed by atoms with E-state index in [1.807, 2.05) is 0 Å². The Morgan fingerprint density at radius 1 is 1.29 bits per heavy atom. The summed E-state index contributed by atoms with van der Waals surface area (Å²) in [6.07, 6.45) is 6.98. The minimum Gasteiger partial charge on any atom is -0.492 e. The Bertz CT molecular complexity index is 980. The Morgan fingerprint density at radius 3 is 3.00 bits per heavy atom. The number of dihydropyridines is 1. The third kappa shape index (κ3) is 3.99. The normalized spacial score (nSPS) is 30.7. The molecule has 5 nitrogen and oxygen atoms in total. The maximum Gasteiger partial charge on any atom is 0.131 e. The Hall–Kier alpha value is -2.31. The minimum absolute atomic E-state index is 0.118. The fourth-order valence-corrected chi connectivity index (χ4v) is 4.83. The molecule has 0 aromatic heterocycles. The topological polar surface area (TPSA) is 49.2 Å². The van der Waals surface area contributed by atoms with E-state index in [2.05, 4.69) is 48.1 Å². The number of rotatable bonds is 1. The van der Waals surface area contributed by atoms with E-state index in [4.69, 9.17) is 9.73 Å². The first-order valence-electron chi connectivity index (χ1n) is 11.4. The second kappa shape index (κ2) is 8.32. The van der Waals surface area contributed by atoms with Gasteiger partial charge in [-0.25, -0.2) is 4.39 Å². The number of benzene rings is 1. The minimum atomic E-state index is -0.269. The van der Waals surface area contributed by atoms with Gasteiger partial charge in [0.25, 0.3) is 0 Å². The Balaban J connectivity index is 1.52. The first-order chi connectivity index (χ1) is 15.0. The molecule has 4 atom stereocenters. The van der Waals surface area contributed by atoms with Gasteiger partial charge in [0.15, 0.2) is 0 Å². The molecule has 31 heavy (non-hydrogen) atoms. The number of halogens is 1. The van der Waals surface area contributed by atoms with Crippen LogP contribution >= 0.6 is 0 Å². The van der Waals surface area contributed by atoms with Crippen molar-refractivity contribution in [2.24, 2.45) is 21.8 Å². The van der Waals surface area contributed by atoms with E-state index in [1.165, 1.54) is 6.07 Å². The zero-order chi connectivity index (χ0) is 21.5. The van der Waals surface area contributed by atoms with Gasteiger partial charge in [0.1, 0.15) is 24.2 Å². The third-order valence-corrected chi connectivity index (χ3v) is 7.01. The van der Waals surface area contributed by atoms with Crippen LogP contribution in [-0.4, -0.2) is 61.2 Å². The molecule has 164 valence electrons. The third-order valence-electron chi connectivity index (χ3n) is 7.01. The quantitative estimate of drug-likeness (QED) is 0.751. The van der Waals surface area contributed by atoms with Crippen LogP contribution in [0, 0.1) is 17.7 Å². The molecule has 4 heterocycles. The summed E-state index contributed by atoms with van der Waals surface area (Å²) in [5.74, 6) is 1.32. The van der Waals surface area contributed by atoms with Crippen LogP contribution in [0.2, 0.25) is 0 Å². The molecule has 6 heteroatoms. The highest BCUT2D eigenvalue weighted by atomic mass is 19.1. The number of hydrogen-bond donors (Lipinski definition) is 1. The molecule has 0 saturated carbocycles. The molecule has 1 N–H and O–H groups in total. The zero-order valence-electron chi connectivity index (χ0n) is 18.5. The van der Waals surface area contributed by atoms with Gasteiger partial charge in [-0.15, -0.1) is 0 Å². The molecule has 0 radical (unpaired) electrons. The van der Waals surface area contributed by atoms with E-state index in [9.17, 15) is 4.39 Å². The molecule has 1 saturated heterocycles. The van der Waals surface area contributed by atoms with Crippen LogP contribution in [0.5, 0.6) is 5.75 Å². The fourth-order valence-electron chi connectivity index (χ4n) is 4.83. The van der Waals surface area contributed by atoms with Crippen LogP contribution in [0.3, 0.4) is 0 Å². The molecular weight excluding hydrogens is 391 g/mol. The standard InChI is InChI=1S/C25H31FN4O/c1-15(2)24-13-30-9-8-16(3)22-6-7-23-25(29-22)20(12-28-23)19-10-18(4-5-21(19)26)31-14-17(30)11-27-24/h4-7,10,12,15-17,23-24,27H,8-9,11,13-14H2,1-3H3/t16?,17?,23?,24-/m1/s1. The van der Waals surface area contributed by atoms with Crippen LogP contribution < -0.4 is 10.1 Å². The Labute approximate surface area is 183 Å². The largest absolute Gasteiger partial charge is 0.492 e. The SMILES string of the molecule is CC1CCN2C[C@H](C(C)C)NCC2COc2ccc(F)c(c2)C2=C3N=C1C=CC3N=C2. The number of nitrogens with zero attached hydrogens (tertiary/aromatic N) is 3. The predicted octanol–water partition coefficient (Wildman–Crippen LogP) is 3.72. The fraction of sp³-hybridized carbons (Fsp3) is 0.520. The van der Waals surface area contributed by atoms with E-state index in [-0.39, 0.29) is 17.9 Å². The summed E-state index contributed by atoms with van der Waals surface area (Å²) in [7, 11) is 0. The van der Waals surface area contributed by atoms with Crippen molar-refractivity contribution in [2.75, 3.05) is 26.2 Å². The summed E-state index contributed by atoms with van der Waals surface area (Å²) in [4.78, 5) is 12.1. The lowest BCUT2D eigenvalue weighted by Crippen LogP contribution is -2.60. The van der Waals surface area contributed by atoms with Gasteiger partial charge < -0.3 is 10.1 Å². The van der Waals surface area contributed by atoms with E-state index in [0.29, 0.717) is 35.8 Å². The number of hydrogen-bond acceptors (Lipinski definition) is 5. The van der Waals surface area contributed by atoms with Crippen molar-refractivity contribution < 1.29 is 9.13 Å². The van der Waals surface area contributed by atoms with Crippen LogP contribution in [0.15, 0.2) is 46.0 Å². The zero-order valence-corrected chi connectivity index (χ0v) is 18.5. The summed E-state index contributed by atoms with van der Waals surface area (Å²) >= 11 is 0. The molecule has 1 aromatic carbocycles. The molecule has 1 fully saturated rings. The van der Waals surface area contributed by atoms with Crippen LogP contribution in [0.4, 0.5) is 4.39 Å². The van der Waals surface area contributed by atoms with Gasteiger partial charge in [0.05, 0.1) is 11.7 Å². The highest BCUT2D eigenvalue weighted by Gasteiger charge is 2.31. The number of piperazine rings is 1. The van der Waals surface area contributed by atoms with E-state index >= 15 is 0 Å². The number of allylic oxidation sites excluding steroid dienone is 2. The predicted molar refractivity (Wildman–Crippen MR) is 123 cm³/mol. The van der Waals surface area contributed by atoms with Gasteiger partial charge in [-0.2, -0.15) is 0 Å². The van der Waals surface area contributed by atoms with E-state index < -0.39 is 0 Å². The van der Waals surface area contributed by atoms with Gasteiger partial charge in [-0.3, -0.25) is 14.9 Å². The summed E-state index contributed by atoms with van der Waals surface area (Å²) in [5, 5.41) is 3.69. The van der Waals surface area contributed by atoms with Crippen LogP contribution in [0.25, 0.3) is 5.57 Å². The molecular formula is C25H31FN4O. The number of aliphatic imine (C=N–C) groups is 2. The smallest absolute Gasteiger partial charge is 0.131 e. The highest BCUT2D eigenvalue weighted by Crippen LogP contribution is 2.34. The van der Waals surface area contributed by atoms with Crippen molar-refractivity contribution in [2.45, 2.75) is 45.3 Å². The summed E-state index contributed by atoms with van der Waals surface area (Å²) < 4.78 is 21.0. The maximum atomic E-state index is 14.8. The first-order valence-corrected chi connectivity index (χ1v) is 11.4. The second-order valence-corrected chi connectivity index (χ2v) is 9.47. The summed E-state index contributed by atoms with van der Waals surface area (Å²) in [5.41, 5.74) is 3.18. The maximum absolute atomic E-state index is 14.8. The lowest BCUT2D eigenvalue weighted by atomic mass is 9.94. The van der Waals surface area contributed by atoms with E-state index in [0.717, 1.165) is 43.0 Å². The number of nitrogens with one attached hydrogen (secondary N) is 1. The van der Waals surface area contributed by atoms with Gasteiger partial charge in [0, 0.05) is 42.2 Å². The molecule has 1 aromatic rings. The lowest BCUT2D eigenvalue weighted by molar-refractivity contribution is 0.0753. The molecule has 4 aliphatic rings. The molecule has 4 aliphatic heterocycles. The summed E-state index contributed by atoms with van der Waals surface area (Å²) in [6.45, 7) is 10.3. The van der Waals surface area contributed by atoms with Gasteiger partial charge in [0.2, 0.25) is 0 Å². The summed E-state index contributed by atoms with van der Waals surface area (Å²) in [6, 6.07) is 5.66. The van der Waals surface area contributed by atoms with Crippen molar-refractivity contribution in [3.63, 3.8) is 0 Å². The molecule has 3 unspecified atom stereocenters.